The number of nitrogens with one attached hydrogen (secondary N) is 2. The van der Waals surface area contributed by atoms with Crippen LogP contribution in [0, 0.1) is 5.82 Å². The predicted molar refractivity (Wildman–Crippen MR) is 122 cm³/mol. The van der Waals surface area contributed by atoms with Gasteiger partial charge >= 0.3 is 6.09 Å². The van der Waals surface area contributed by atoms with Crippen LogP contribution in [0.1, 0.15) is 50.5 Å². The van der Waals surface area contributed by atoms with E-state index in [-0.39, 0.29) is 5.82 Å². The van der Waals surface area contributed by atoms with Gasteiger partial charge < -0.3 is 14.6 Å². The number of piperidine rings is 1. The average Bonchev–Trinajstić information content (AvgIpc) is 3.19. The first kappa shape index (κ1) is 21.4. The van der Waals surface area contributed by atoms with Gasteiger partial charge in [0.25, 0.3) is 0 Å². The quantitative estimate of drug-likeness (QED) is 0.439. The number of benzene rings is 2. The number of ether oxygens (including phenoxy) is 1. The van der Waals surface area contributed by atoms with Gasteiger partial charge in [-0.2, -0.15) is 0 Å². The van der Waals surface area contributed by atoms with Crippen molar-refractivity contribution < 1.29 is 13.9 Å². The summed E-state index contributed by atoms with van der Waals surface area (Å²) in [5.74, 6) is 0.454. The van der Waals surface area contributed by atoms with E-state index in [4.69, 9.17) is 4.74 Å². The highest BCUT2D eigenvalue weighted by atomic mass is 19.1. The van der Waals surface area contributed by atoms with Crippen molar-refractivity contribution >= 4 is 22.7 Å². The van der Waals surface area contributed by atoms with Gasteiger partial charge in [0.15, 0.2) is 0 Å². The Morgan fingerprint density at radius 3 is 2.68 bits per heavy atom. The van der Waals surface area contributed by atoms with Crippen molar-refractivity contribution in [2.45, 2.75) is 44.9 Å². The number of anilines is 1. The maximum absolute atomic E-state index is 13.0. The van der Waals surface area contributed by atoms with Crippen molar-refractivity contribution in [3.63, 3.8) is 0 Å². The molecule has 5 nitrogen and oxygen atoms in total. The molecule has 1 amide bonds. The summed E-state index contributed by atoms with van der Waals surface area (Å²) in [7, 11) is 0. The molecule has 1 aliphatic rings. The van der Waals surface area contributed by atoms with E-state index in [0.29, 0.717) is 17.4 Å². The van der Waals surface area contributed by atoms with Gasteiger partial charge in [-0.1, -0.05) is 19.8 Å². The molecule has 6 heteroatoms. The van der Waals surface area contributed by atoms with Crippen LogP contribution in [-0.2, 0) is 0 Å². The van der Waals surface area contributed by atoms with Crippen LogP contribution >= 0.6 is 0 Å². The maximum atomic E-state index is 13.0. The van der Waals surface area contributed by atoms with Gasteiger partial charge in [0, 0.05) is 22.8 Å². The number of hydrogen-bond donors (Lipinski definition) is 2. The molecular formula is C25H30FN3O2. The number of aromatic nitrogens is 1. The van der Waals surface area contributed by atoms with Crippen molar-refractivity contribution in [2.24, 2.45) is 0 Å². The number of aromatic amines is 1. The number of nitrogens with zero attached hydrogens (tertiary/aromatic N) is 1. The third kappa shape index (κ3) is 5.44. The van der Waals surface area contributed by atoms with E-state index in [1.54, 1.807) is 0 Å². The Bertz CT molecular complexity index is 1010. The van der Waals surface area contributed by atoms with Gasteiger partial charge in [-0.25, -0.2) is 9.18 Å². The normalized spacial score (nSPS) is 15.3. The van der Waals surface area contributed by atoms with Crippen molar-refractivity contribution in [2.75, 3.05) is 25.0 Å². The zero-order chi connectivity index (χ0) is 21.6. The lowest BCUT2D eigenvalue weighted by atomic mass is 9.89. The number of carbonyl (C=O) groups excluding carboxylic acids is 1. The summed E-state index contributed by atoms with van der Waals surface area (Å²) in [6.45, 7) is 5.74. The number of likely N-dealkylation sites (tertiary alicyclic amines) is 1. The van der Waals surface area contributed by atoms with Crippen LogP contribution < -0.4 is 10.1 Å². The second-order valence-electron chi connectivity index (χ2n) is 8.30. The largest absolute Gasteiger partial charge is 0.417 e. The molecule has 1 aromatic heterocycles. The van der Waals surface area contributed by atoms with Gasteiger partial charge in [-0.3, -0.25) is 5.32 Å². The number of hydrogen-bond acceptors (Lipinski definition) is 3. The topological polar surface area (TPSA) is 57.4 Å². The molecule has 31 heavy (non-hydrogen) atoms. The monoisotopic (exact) mass is 423 g/mol. The first-order valence-corrected chi connectivity index (χ1v) is 11.2. The summed E-state index contributed by atoms with van der Waals surface area (Å²) in [6, 6.07) is 11.2. The van der Waals surface area contributed by atoms with Crippen molar-refractivity contribution in [1.82, 2.24) is 9.88 Å². The minimum atomic E-state index is -0.594. The lowest BCUT2D eigenvalue weighted by Gasteiger charge is -2.32. The molecule has 2 aromatic carbocycles. The van der Waals surface area contributed by atoms with Gasteiger partial charge in [-0.05, 0) is 92.8 Å². The number of H-pyrrole nitrogens is 1. The Morgan fingerprint density at radius 1 is 1.16 bits per heavy atom. The van der Waals surface area contributed by atoms with Gasteiger partial charge in [0.1, 0.15) is 11.6 Å². The molecule has 0 atom stereocenters. The molecule has 164 valence electrons. The Labute approximate surface area is 182 Å². The van der Waals surface area contributed by atoms with Crippen LogP contribution in [0.15, 0.2) is 48.7 Å². The molecule has 0 aliphatic carbocycles. The van der Waals surface area contributed by atoms with Gasteiger partial charge in [0.05, 0.1) is 0 Å². The van der Waals surface area contributed by atoms with E-state index >= 15 is 0 Å². The molecule has 1 aliphatic heterocycles. The van der Waals surface area contributed by atoms with Crippen molar-refractivity contribution in [3.05, 3.63) is 60.0 Å². The fourth-order valence-corrected chi connectivity index (χ4v) is 4.36. The number of halogens is 1. The minimum Gasteiger partial charge on any atom is -0.410 e. The minimum absolute atomic E-state index is 0.299. The van der Waals surface area contributed by atoms with E-state index in [0.717, 1.165) is 36.8 Å². The Kier molecular flexibility index (Phi) is 6.87. The van der Waals surface area contributed by atoms with Crippen LogP contribution in [0.4, 0.5) is 14.9 Å². The Morgan fingerprint density at radius 2 is 1.94 bits per heavy atom. The van der Waals surface area contributed by atoms with Gasteiger partial charge in [-0.15, -0.1) is 0 Å². The summed E-state index contributed by atoms with van der Waals surface area (Å²) >= 11 is 0. The van der Waals surface area contributed by atoms with Crippen molar-refractivity contribution in [3.8, 4) is 5.75 Å². The van der Waals surface area contributed by atoms with E-state index in [1.165, 1.54) is 55.6 Å². The van der Waals surface area contributed by atoms with Crippen LogP contribution in [0.2, 0.25) is 0 Å². The zero-order valence-electron chi connectivity index (χ0n) is 18.0. The second kappa shape index (κ2) is 9.96. The van der Waals surface area contributed by atoms with Crippen LogP contribution in [0.3, 0.4) is 0 Å². The first-order valence-electron chi connectivity index (χ1n) is 11.2. The fraction of sp³-hybridized carbons (Fsp3) is 0.400. The molecule has 2 N–H and O–H groups in total. The second-order valence-corrected chi connectivity index (χ2v) is 8.30. The lowest BCUT2D eigenvalue weighted by molar-refractivity contribution is 0.209. The Hall–Kier alpha value is -2.86. The SMILES string of the molecule is CCCCCN1CCC(c2c[nH]c3ccc(NC(=O)Oc4ccc(F)cc4)cc23)CC1. The number of unbranched alkanes of at least 4 members (excludes halogenated alkanes) is 2. The molecule has 0 spiro atoms. The third-order valence-corrected chi connectivity index (χ3v) is 6.09. The van der Waals surface area contributed by atoms with Crippen molar-refractivity contribution in [1.29, 1.82) is 0 Å². The fourth-order valence-electron chi connectivity index (χ4n) is 4.36. The van der Waals surface area contributed by atoms with Gasteiger partial charge in [0.2, 0.25) is 0 Å². The van der Waals surface area contributed by atoms with Crippen LogP contribution in [0.5, 0.6) is 5.75 Å². The smallest absolute Gasteiger partial charge is 0.410 e. The highest BCUT2D eigenvalue weighted by Crippen LogP contribution is 2.34. The predicted octanol–water partition coefficient (Wildman–Crippen LogP) is 6.29. The highest BCUT2D eigenvalue weighted by Gasteiger charge is 2.22. The number of amides is 1. The highest BCUT2D eigenvalue weighted by molar-refractivity contribution is 5.92. The zero-order valence-corrected chi connectivity index (χ0v) is 18.0. The summed E-state index contributed by atoms with van der Waals surface area (Å²) < 4.78 is 18.2. The molecule has 2 heterocycles. The molecule has 0 bridgehead atoms. The molecule has 0 unspecified atom stereocenters. The lowest BCUT2D eigenvalue weighted by Crippen LogP contribution is -2.33. The van der Waals surface area contributed by atoms with E-state index in [1.807, 2.05) is 18.2 Å². The molecule has 0 saturated carbocycles. The number of carbonyl (C=O) groups is 1. The maximum Gasteiger partial charge on any atom is 0.417 e. The van der Waals surface area contributed by atoms with E-state index in [2.05, 4.69) is 28.3 Å². The molecule has 4 rings (SSSR count). The standard InChI is InChI=1S/C25H30FN3O2/c1-2-3-4-13-29-14-11-18(12-15-29)23-17-27-24-10-7-20(16-22(23)24)28-25(30)31-21-8-5-19(26)6-9-21/h5-10,16-18,27H,2-4,11-15H2,1H3,(H,28,30). The average molecular weight is 424 g/mol. The number of fused-ring (bicyclic) bond motifs is 1. The first-order chi connectivity index (χ1) is 15.1. The third-order valence-electron chi connectivity index (χ3n) is 6.09. The van der Waals surface area contributed by atoms with Crippen LogP contribution in [0.25, 0.3) is 10.9 Å². The summed E-state index contributed by atoms with van der Waals surface area (Å²) in [4.78, 5) is 18.2. The molecule has 1 fully saturated rings. The Balaban J connectivity index is 1.39. The summed E-state index contributed by atoms with van der Waals surface area (Å²) in [6.07, 6.45) is 7.69. The molecule has 3 aromatic rings. The molecular weight excluding hydrogens is 393 g/mol. The van der Waals surface area contributed by atoms with E-state index < -0.39 is 6.09 Å². The molecule has 0 radical (unpaired) electrons. The van der Waals surface area contributed by atoms with E-state index in [9.17, 15) is 9.18 Å². The summed E-state index contributed by atoms with van der Waals surface area (Å²) in [5.41, 5.74) is 3.06. The van der Waals surface area contributed by atoms with Crippen LogP contribution in [-0.4, -0.2) is 35.6 Å². The molecule has 1 saturated heterocycles. The number of rotatable bonds is 7. The summed E-state index contributed by atoms with van der Waals surface area (Å²) in [5, 5.41) is 3.92.